The third kappa shape index (κ3) is 7.10. The number of para-hydroxylation sites is 1. The zero-order chi connectivity index (χ0) is 30.4. The number of carbonyl (C=O) groups is 1. The summed E-state index contributed by atoms with van der Waals surface area (Å²) >= 11 is 6.54. The molecule has 222 valence electrons. The van der Waals surface area contributed by atoms with Crippen molar-refractivity contribution in [3.05, 3.63) is 136 Å². The lowest BCUT2D eigenvalue weighted by molar-refractivity contribution is 0.0596. The Hall–Kier alpha value is -4.11. The highest BCUT2D eigenvalue weighted by Crippen LogP contribution is 2.38. The average molecular weight is 618 g/mol. The third-order valence-corrected chi connectivity index (χ3v) is 8.04. The monoisotopic (exact) mass is 617 g/mol. The predicted molar refractivity (Wildman–Crippen MR) is 169 cm³/mol. The van der Waals surface area contributed by atoms with Crippen LogP contribution in [0.3, 0.4) is 0 Å². The van der Waals surface area contributed by atoms with Gasteiger partial charge < -0.3 is 14.0 Å². The molecule has 0 aliphatic carbocycles. The van der Waals surface area contributed by atoms with E-state index >= 15 is 0 Å². The second kappa shape index (κ2) is 13.5. The molecular formula is C34H32ClNO6S. The van der Waals surface area contributed by atoms with Gasteiger partial charge in [0, 0.05) is 34.5 Å². The van der Waals surface area contributed by atoms with Crippen LogP contribution < -0.4 is 4.74 Å². The fraction of sp³-hybridized carbons (Fsp3) is 0.206. The Morgan fingerprint density at radius 1 is 0.837 bits per heavy atom. The van der Waals surface area contributed by atoms with Crippen molar-refractivity contribution >= 4 is 38.6 Å². The van der Waals surface area contributed by atoms with Gasteiger partial charge in [-0.05, 0) is 47.0 Å². The highest BCUT2D eigenvalue weighted by atomic mass is 35.5. The highest BCUT2D eigenvalue weighted by molar-refractivity contribution is 7.85. The topological polar surface area (TPSA) is 83.8 Å². The van der Waals surface area contributed by atoms with Crippen molar-refractivity contribution in [1.29, 1.82) is 0 Å². The van der Waals surface area contributed by atoms with E-state index in [9.17, 15) is 13.2 Å². The zero-order valence-electron chi connectivity index (χ0n) is 23.9. The largest absolute Gasteiger partial charge is 0.492 e. The second-order valence-electron chi connectivity index (χ2n) is 10.0. The maximum Gasteiger partial charge on any atom is 0.341 e. The van der Waals surface area contributed by atoms with Crippen molar-refractivity contribution in [2.75, 3.05) is 26.6 Å². The van der Waals surface area contributed by atoms with E-state index in [-0.39, 0.29) is 19.3 Å². The van der Waals surface area contributed by atoms with Gasteiger partial charge in [0.2, 0.25) is 0 Å². The molecule has 9 heteroatoms. The van der Waals surface area contributed by atoms with Crippen molar-refractivity contribution in [2.45, 2.75) is 18.9 Å². The molecule has 7 nitrogen and oxygen atoms in total. The Bertz CT molecular complexity index is 1780. The SMILES string of the molecule is COC(=O)c1ccccc1OCCc1c(CCOS(C)(=O)=O)n(C(c2ccccc2)c2ccccc2)c2ccc(Cl)cc12. The van der Waals surface area contributed by atoms with Crippen LogP contribution in [0.2, 0.25) is 5.02 Å². The van der Waals surface area contributed by atoms with Crippen LogP contribution >= 0.6 is 11.6 Å². The molecule has 0 radical (unpaired) electrons. The van der Waals surface area contributed by atoms with Crippen molar-refractivity contribution in [1.82, 2.24) is 4.57 Å². The van der Waals surface area contributed by atoms with Crippen LogP contribution in [0, 0.1) is 0 Å². The van der Waals surface area contributed by atoms with Crippen molar-refractivity contribution in [3.63, 3.8) is 0 Å². The number of halogens is 1. The summed E-state index contributed by atoms with van der Waals surface area (Å²) in [5, 5.41) is 1.52. The van der Waals surface area contributed by atoms with Gasteiger partial charge in [0.15, 0.2) is 0 Å². The number of carbonyl (C=O) groups excluding carboxylic acids is 1. The minimum absolute atomic E-state index is 0.0295. The van der Waals surface area contributed by atoms with E-state index in [0.717, 1.165) is 39.5 Å². The maximum atomic E-state index is 12.3. The third-order valence-electron chi connectivity index (χ3n) is 7.21. The van der Waals surface area contributed by atoms with E-state index in [1.165, 1.54) is 7.11 Å². The molecule has 4 aromatic carbocycles. The molecular weight excluding hydrogens is 586 g/mol. The zero-order valence-corrected chi connectivity index (χ0v) is 25.5. The molecule has 0 fully saturated rings. The Morgan fingerprint density at radius 3 is 2.09 bits per heavy atom. The molecule has 43 heavy (non-hydrogen) atoms. The van der Waals surface area contributed by atoms with Gasteiger partial charge in [0.25, 0.3) is 10.1 Å². The summed E-state index contributed by atoms with van der Waals surface area (Å²) in [4.78, 5) is 12.3. The van der Waals surface area contributed by atoms with Gasteiger partial charge in [-0.3, -0.25) is 4.18 Å². The fourth-order valence-corrected chi connectivity index (χ4v) is 5.99. The van der Waals surface area contributed by atoms with Crippen LogP contribution in [0.1, 0.15) is 38.8 Å². The van der Waals surface area contributed by atoms with Gasteiger partial charge in [-0.25, -0.2) is 4.79 Å². The number of rotatable bonds is 12. The minimum Gasteiger partial charge on any atom is -0.492 e. The Labute approximate surface area is 256 Å². The van der Waals surface area contributed by atoms with Crippen LogP contribution in [0.15, 0.2) is 103 Å². The molecule has 0 saturated heterocycles. The summed E-state index contributed by atoms with van der Waals surface area (Å²) in [6, 6.07) is 32.8. The lowest BCUT2D eigenvalue weighted by Gasteiger charge is -2.25. The second-order valence-corrected chi connectivity index (χ2v) is 12.1. The van der Waals surface area contributed by atoms with Gasteiger partial charge in [-0.2, -0.15) is 8.42 Å². The molecule has 0 aliphatic heterocycles. The smallest absolute Gasteiger partial charge is 0.341 e. The van der Waals surface area contributed by atoms with Crippen molar-refractivity contribution < 1.29 is 26.9 Å². The molecule has 5 aromatic rings. The van der Waals surface area contributed by atoms with Crippen molar-refractivity contribution in [3.8, 4) is 5.75 Å². The van der Waals surface area contributed by atoms with E-state index in [0.29, 0.717) is 29.2 Å². The summed E-state index contributed by atoms with van der Waals surface area (Å²) in [6.07, 6.45) is 1.83. The van der Waals surface area contributed by atoms with Crippen LogP contribution in [-0.4, -0.2) is 45.5 Å². The van der Waals surface area contributed by atoms with Crippen LogP contribution in [-0.2, 0) is 31.9 Å². The first-order chi connectivity index (χ1) is 20.8. The Morgan fingerprint density at radius 2 is 1.47 bits per heavy atom. The molecule has 1 aromatic heterocycles. The Kier molecular flexibility index (Phi) is 9.50. The quantitative estimate of drug-likeness (QED) is 0.112. The summed E-state index contributed by atoms with van der Waals surface area (Å²) in [6.45, 7) is 0.221. The van der Waals surface area contributed by atoms with Crippen LogP contribution in [0.25, 0.3) is 10.9 Å². The van der Waals surface area contributed by atoms with Gasteiger partial charge in [-0.1, -0.05) is 84.4 Å². The van der Waals surface area contributed by atoms with Crippen LogP contribution in [0.4, 0.5) is 0 Å². The van der Waals surface area contributed by atoms with E-state index in [1.54, 1.807) is 24.3 Å². The Balaban J connectivity index is 1.64. The lowest BCUT2D eigenvalue weighted by atomic mass is 9.97. The number of hydrogen-bond donors (Lipinski definition) is 0. The first kappa shape index (κ1) is 30.4. The number of hydrogen-bond acceptors (Lipinski definition) is 6. The molecule has 0 aliphatic rings. The van der Waals surface area contributed by atoms with Gasteiger partial charge in [0.1, 0.15) is 11.3 Å². The average Bonchev–Trinajstić information content (AvgIpc) is 3.29. The molecule has 0 bridgehead atoms. The number of ether oxygens (including phenoxy) is 2. The minimum atomic E-state index is -3.65. The number of methoxy groups -OCH3 is 1. The standard InChI is InChI=1S/C34H32ClNO6S/c1-40-34(37)28-15-9-10-16-32(28)41-21-19-27-29-23-26(35)17-18-30(29)36(31(27)20-22-42-43(2,38)39)33(24-11-5-3-6-12-24)25-13-7-4-8-14-25/h3-18,23,33H,19-22H2,1-2H3. The molecule has 0 saturated carbocycles. The molecule has 0 unspecified atom stereocenters. The number of nitrogens with zero attached hydrogens (tertiary/aromatic N) is 1. The molecule has 0 N–H and O–H groups in total. The molecule has 1 heterocycles. The normalized spacial score (nSPS) is 11.6. The number of esters is 1. The first-order valence-corrected chi connectivity index (χ1v) is 16.0. The number of aromatic nitrogens is 1. The van der Waals surface area contributed by atoms with Gasteiger partial charge in [-0.15, -0.1) is 0 Å². The summed E-state index contributed by atoms with van der Waals surface area (Å²) < 4.78 is 42.4. The summed E-state index contributed by atoms with van der Waals surface area (Å²) in [7, 11) is -2.32. The molecule has 0 atom stereocenters. The highest BCUT2D eigenvalue weighted by Gasteiger charge is 2.26. The van der Waals surface area contributed by atoms with E-state index in [4.69, 9.17) is 25.3 Å². The molecule has 5 rings (SSSR count). The summed E-state index contributed by atoms with van der Waals surface area (Å²) in [5.74, 6) is -0.0595. The lowest BCUT2D eigenvalue weighted by Crippen LogP contribution is -2.18. The molecule has 0 amide bonds. The maximum absolute atomic E-state index is 12.3. The fourth-order valence-electron chi connectivity index (χ4n) is 5.44. The van der Waals surface area contributed by atoms with Gasteiger partial charge >= 0.3 is 5.97 Å². The summed E-state index contributed by atoms with van der Waals surface area (Å²) in [5.41, 5.74) is 5.29. The van der Waals surface area contributed by atoms with E-state index in [2.05, 4.69) is 28.8 Å². The number of benzene rings is 4. The first-order valence-electron chi connectivity index (χ1n) is 13.8. The number of fused-ring (bicyclic) bond motifs is 1. The van der Waals surface area contributed by atoms with Gasteiger partial charge in [0.05, 0.1) is 32.6 Å². The van der Waals surface area contributed by atoms with E-state index < -0.39 is 16.1 Å². The van der Waals surface area contributed by atoms with Crippen LogP contribution in [0.5, 0.6) is 5.75 Å². The molecule has 0 spiro atoms. The van der Waals surface area contributed by atoms with Crippen molar-refractivity contribution in [2.24, 2.45) is 0 Å². The van der Waals surface area contributed by atoms with E-state index in [1.807, 2.05) is 54.6 Å². The predicted octanol–water partition coefficient (Wildman–Crippen LogP) is 6.86.